The number of carbonyl (C=O) groups is 1. The molecule has 1 aromatic rings. The molecule has 1 heterocycles. The van der Waals surface area contributed by atoms with Crippen molar-refractivity contribution < 1.29 is 4.79 Å². The average Bonchev–Trinajstić information content (AvgIpc) is 2.39. The van der Waals surface area contributed by atoms with Gasteiger partial charge in [0.05, 0.1) is 11.4 Å². The number of amides is 1. The molecule has 104 valence electrons. The summed E-state index contributed by atoms with van der Waals surface area (Å²) in [6, 6.07) is 5.94. The Bertz CT molecular complexity index is 456. The van der Waals surface area contributed by atoms with Crippen molar-refractivity contribution in [2.24, 2.45) is 5.92 Å². The van der Waals surface area contributed by atoms with E-state index < -0.39 is 0 Å². The van der Waals surface area contributed by atoms with E-state index in [1.807, 2.05) is 37.2 Å². The van der Waals surface area contributed by atoms with E-state index in [0.717, 1.165) is 41.8 Å². The number of halogens is 1. The minimum Gasteiger partial charge on any atom is -0.376 e. The summed E-state index contributed by atoms with van der Waals surface area (Å²) in [5, 5.41) is 6.34. The molecule has 4 nitrogen and oxygen atoms in total. The summed E-state index contributed by atoms with van der Waals surface area (Å²) in [5.74, 6) is 0.248. The zero-order valence-corrected chi connectivity index (χ0v) is 13.0. The largest absolute Gasteiger partial charge is 0.376 e. The van der Waals surface area contributed by atoms with Crippen molar-refractivity contribution in [2.45, 2.75) is 12.8 Å². The fourth-order valence-electron chi connectivity index (χ4n) is 2.32. The van der Waals surface area contributed by atoms with Crippen LogP contribution < -0.4 is 15.5 Å². The number of carbonyl (C=O) groups excluding carboxylic acids is 1. The lowest BCUT2D eigenvalue weighted by atomic mass is 9.97. The van der Waals surface area contributed by atoms with Crippen LogP contribution in [0.15, 0.2) is 22.7 Å². The molecule has 0 saturated carbocycles. The molecule has 1 amide bonds. The zero-order chi connectivity index (χ0) is 13.8. The van der Waals surface area contributed by atoms with Gasteiger partial charge in [-0.05, 0) is 44.1 Å². The molecule has 0 atom stereocenters. The van der Waals surface area contributed by atoms with Gasteiger partial charge in [-0.15, -0.1) is 0 Å². The third kappa shape index (κ3) is 3.70. The van der Waals surface area contributed by atoms with Crippen LogP contribution in [0.5, 0.6) is 0 Å². The second-order valence-corrected chi connectivity index (χ2v) is 5.99. The predicted octanol–water partition coefficient (Wildman–Crippen LogP) is 2.45. The van der Waals surface area contributed by atoms with Gasteiger partial charge in [0.25, 0.3) is 0 Å². The average molecular weight is 326 g/mol. The molecule has 0 radical (unpaired) electrons. The molecule has 1 aliphatic heterocycles. The molecule has 1 aliphatic rings. The second-order valence-electron chi connectivity index (χ2n) is 5.07. The molecule has 19 heavy (non-hydrogen) atoms. The van der Waals surface area contributed by atoms with Crippen LogP contribution in [0.2, 0.25) is 0 Å². The summed E-state index contributed by atoms with van der Waals surface area (Å²) in [6.45, 7) is 1.86. The van der Waals surface area contributed by atoms with Gasteiger partial charge in [0.2, 0.25) is 5.91 Å². The minimum absolute atomic E-state index is 0.121. The fourth-order valence-corrected chi connectivity index (χ4v) is 2.68. The molecule has 0 spiro atoms. The van der Waals surface area contributed by atoms with Crippen molar-refractivity contribution in [3.05, 3.63) is 22.7 Å². The van der Waals surface area contributed by atoms with E-state index >= 15 is 0 Å². The molecular formula is C14H20BrN3O. The fraction of sp³-hybridized carbons (Fsp3) is 0.500. The highest BCUT2D eigenvalue weighted by Gasteiger charge is 2.21. The monoisotopic (exact) mass is 325 g/mol. The number of rotatable bonds is 3. The SMILES string of the molecule is CN(C)c1ccc(Br)cc1NC(=O)C1CCNCC1. The van der Waals surface area contributed by atoms with Gasteiger partial charge in [-0.3, -0.25) is 4.79 Å². The van der Waals surface area contributed by atoms with E-state index in [2.05, 4.69) is 26.6 Å². The maximum atomic E-state index is 12.3. The standard InChI is InChI=1S/C14H20BrN3O/c1-18(2)13-4-3-11(15)9-12(13)17-14(19)10-5-7-16-8-6-10/h3-4,9-10,16H,5-8H2,1-2H3,(H,17,19). The topological polar surface area (TPSA) is 44.4 Å². The first kappa shape index (κ1) is 14.3. The maximum absolute atomic E-state index is 12.3. The molecule has 1 fully saturated rings. The summed E-state index contributed by atoms with van der Waals surface area (Å²) in [6.07, 6.45) is 1.83. The van der Waals surface area contributed by atoms with Gasteiger partial charge in [0.1, 0.15) is 0 Å². The Morgan fingerprint density at radius 3 is 2.68 bits per heavy atom. The second kappa shape index (κ2) is 6.39. The third-order valence-corrected chi connectivity index (χ3v) is 3.90. The van der Waals surface area contributed by atoms with Crippen LogP contribution in [-0.2, 0) is 4.79 Å². The molecule has 5 heteroatoms. The lowest BCUT2D eigenvalue weighted by molar-refractivity contribution is -0.120. The maximum Gasteiger partial charge on any atom is 0.227 e. The van der Waals surface area contributed by atoms with Crippen LogP contribution in [0.1, 0.15) is 12.8 Å². The first-order valence-electron chi connectivity index (χ1n) is 6.56. The minimum atomic E-state index is 0.121. The van der Waals surface area contributed by atoms with Gasteiger partial charge in [-0.1, -0.05) is 15.9 Å². The van der Waals surface area contributed by atoms with E-state index in [-0.39, 0.29) is 11.8 Å². The number of nitrogens with zero attached hydrogens (tertiary/aromatic N) is 1. The van der Waals surface area contributed by atoms with Crippen molar-refractivity contribution in [3.63, 3.8) is 0 Å². The third-order valence-electron chi connectivity index (χ3n) is 3.41. The smallest absolute Gasteiger partial charge is 0.227 e. The summed E-state index contributed by atoms with van der Waals surface area (Å²) in [5.41, 5.74) is 1.88. The first-order valence-corrected chi connectivity index (χ1v) is 7.35. The molecule has 0 aliphatic carbocycles. The van der Waals surface area contributed by atoms with Gasteiger partial charge in [0.15, 0.2) is 0 Å². The molecule has 2 N–H and O–H groups in total. The quantitative estimate of drug-likeness (QED) is 0.897. The van der Waals surface area contributed by atoms with Gasteiger partial charge >= 0.3 is 0 Å². The van der Waals surface area contributed by atoms with Crippen LogP contribution >= 0.6 is 15.9 Å². The molecule has 0 bridgehead atoms. The predicted molar refractivity (Wildman–Crippen MR) is 82.7 cm³/mol. The summed E-state index contributed by atoms with van der Waals surface area (Å²) in [7, 11) is 3.95. The van der Waals surface area contributed by atoms with Crippen LogP contribution in [-0.4, -0.2) is 33.1 Å². The highest BCUT2D eigenvalue weighted by atomic mass is 79.9. The Morgan fingerprint density at radius 1 is 1.37 bits per heavy atom. The first-order chi connectivity index (χ1) is 9.08. The summed E-state index contributed by atoms with van der Waals surface area (Å²) in [4.78, 5) is 14.3. The van der Waals surface area contributed by atoms with E-state index in [1.165, 1.54) is 0 Å². The molecular weight excluding hydrogens is 306 g/mol. The Balaban J connectivity index is 2.13. The van der Waals surface area contributed by atoms with Gasteiger partial charge in [-0.25, -0.2) is 0 Å². The van der Waals surface area contributed by atoms with Crippen molar-refractivity contribution >= 4 is 33.2 Å². The van der Waals surface area contributed by atoms with E-state index in [4.69, 9.17) is 0 Å². The summed E-state index contributed by atoms with van der Waals surface area (Å²) < 4.78 is 0.971. The van der Waals surface area contributed by atoms with Crippen LogP contribution in [0.25, 0.3) is 0 Å². The highest BCUT2D eigenvalue weighted by molar-refractivity contribution is 9.10. The lowest BCUT2D eigenvalue weighted by Crippen LogP contribution is -2.34. The highest BCUT2D eigenvalue weighted by Crippen LogP contribution is 2.29. The van der Waals surface area contributed by atoms with E-state index in [1.54, 1.807) is 0 Å². The van der Waals surface area contributed by atoms with Gasteiger partial charge < -0.3 is 15.5 Å². The van der Waals surface area contributed by atoms with Crippen molar-refractivity contribution in [1.82, 2.24) is 5.32 Å². The molecule has 0 unspecified atom stereocenters. The molecule has 0 aromatic heterocycles. The normalized spacial score (nSPS) is 16.2. The Kier molecular flexibility index (Phi) is 4.82. The van der Waals surface area contributed by atoms with E-state index in [0.29, 0.717) is 0 Å². The van der Waals surface area contributed by atoms with Gasteiger partial charge in [-0.2, -0.15) is 0 Å². The van der Waals surface area contributed by atoms with Crippen LogP contribution in [0, 0.1) is 5.92 Å². The molecule has 1 aromatic carbocycles. The number of anilines is 2. The Labute approximate surface area is 122 Å². The van der Waals surface area contributed by atoms with E-state index in [9.17, 15) is 4.79 Å². The molecule has 1 saturated heterocycles. The van der Waals surface area contributed by atoms with Crippen molar-refractivity contribution in [3.8, 4) is 0 Å². The van der Waals surface area contributed by atoms with Crippen molar-refractivity contribution in [1.29, 1.82) is 0 Å². The van der Waals surface area contributed by atoms with Crippen LogP contribution in [0.4, 0.5) is 11.4 Å². The number of nitrogens with one attached hydrogen (secondary N) is 2. The van der Waals surface area contributed by atoms with Crippen LogP contribution in [0.3, 0.4) is 0 Å². The number of hydrogen-bond acceptors (Lipinski definition) is 3. The van der Waals surface area contributed by atoms with Crippen molar-refractivity contribution in [2.75, 3.05) is 37.4 Å². The Morgan fingerprint density at radius 2 is 2.05 bits per heavy atom. The number of piperidine rings is 1. The zero-order valence-electron chi connectivity index (χ0n) is 11.4. The lowest BCUT2D eigenvalue weighted by Gasteiger charge is -2.24. The Hall–Kier alpha value is -1.07. The molecule has 2 rings (SSSR count). The van der Waals surface area contributed by atoms with Gasteiger partial charge in [0, 0.05) is 24.5 Å². The number of benzene rings is 1. The summed E-state index contributed by atoms with van der Waals surface area (Å²) >= 11 is 3.45. The number of hydrogen-bond donors (Lipinski definition) is 2.